The number of nitrogens with zero attached hydrogens (tertiary/aromatic N) is 2. The Kier molecular flexibility index (Phi) is 3.22. The van der Waals surface area contributed by atoms with Gasteiger partial charge in [0.25, 0.3) is 0 Å². The molecule has 0 aliphatic rings. The van der Waals surface area contributed by atoms with Gasteiger partial charge in [-0.3, -0.25) is 0 Å². The first-order valence-electron chi connectivity index (χ1n) is 5.57. The molecule has 0 radical (unpaired) electrons. The van der Waals surface area contributed by atoms with Crippen LogP contribution in [0.5, 0.6) is 0 Å². The van der Waals surface area contributed by atoms with E-state index in [1.807, 2.05) is 49.8 Å². The lowest BCUT2D eigenvalue weighted by atomic mass is 10.1. The first-order chi connectivity index (χ1) is 8.00. The lowest BCUT2D eigenvalue weighted by molar-refractivity contribution is 0.796. The van der Waals surface area contributed by atoms with E-state index in [2.05, 4.69) is 5.10 Å². The predicted molar refractivity (Wildman–Crippen MR) is 70.7 cm³/mol. The predicted octanol–water partition coefficient (Wildman–Crippen LogP) is 3.16. The lowest BCUT2D eigenvalue weighted by Crippen LogP contribution is -2.07. The fraction of sp³-hybridized carbons (Fsp3) is 0.308. The lowest BCUT2D eigenvalue weighted by Gasteiger charge is -2.08. The summed E-state index contributed by atoms with van der Waals surface area (Å²) in [5, 5.41) is 5.11. The van der Waals surface area contributed by atoms with E-state index in [9.17, 15) is 0 Å². The van der Waals surface area contributed by atoms with E-state index < -0.39 is 0 Å². The molecule has 17 heavy (non-hydrogen) atoms. The van der Waals surface area contributed by atoms with Gasteiger partial charge in [0, 0.05) is 22.3 Å². The van der Waals surface area contributed by atoms with Crippen molar-refractivity contribution >= 4 is 11.6 Å². The van der Waals surface area contributed by atoms with Gasteiger partial charge in [0.15, 0.2) is 0 Å². The second-order valence-corrected chi connectivity index (χ2v) is 4.73. The number of hydrogen-bond acceptors (Lipinski definition) is 2. The van der Waals surface area contributed by atoms with Crippen LogP contribution in [0.25, 0.3) is 5.69 Å². The molecule has 3 nitrogen and oxygen atoms in total. The summed E-state index contributed by atoms with van der Waals surface area (Å²) in [5.41, 5.74) is 10.0. The van der Waals surface area contributed by atoms with Gasteiger partial charge in [-0.1, -0.05) is 17.7 Å². The zero-order chi connectivity index (χ0) is 12.6. The van der Waals surface area contributed by atoms with Crippen molar-refractivity contribution in [2.24, 2.45) is 5.73 Å². The van der Waals surface area contributed by atoms with E-state index in [-0.39, 0.29) is 6.04 Å². The molecule has 0 amide bonds. The van der Waals surface area contributed by atoms with Crippen molar-refractivity contribution < 1.29 is 0 Å². The van der Waals surface area contributed by atoms with Gasteiger partial charge >= 0.3 is 0 Å². The Labute approximate surface area is 106 Å². The van der Waals surface area contributed by atoms with Crippen molar-refractivity contribution in [2.45, 2.75) is 26.8 Å². The van der Waals surface area contributed by atoms with Crippen LogP contribution in [0.15, 0.2) is 24.4 Å². The van der Waals surface area contributed by atoms with Crippen LogP contribution in [0.2, 0.25) is 5.02 Å². The molecule has 0 aliphatic carbocycles. The van der Waals surface area contributed by atoms with Crippen LogP contribution in [0.4, 0.5) is 0 Å². The number of rotatable bonds is 2. The summed E-state index contributed by atoms with van der Waals surface area (Å²) in [5.74, 6) is 0. The van der Waals surface area contributed by atoms with E-state index in [0.29, 0.717) is 0 Å². The van der Waals surface area contributed by atoms with Crippen LogP contribution in [0, 0.1) is 13.8 Å². The summed E-state index contributed by atoms with van der Waals surface area (Å²) in [6, 6.07) is 5.91. The Morgan fingerprint density at radius 1 is 1.35 bits per heavy atom. The number of halogens is 1. The zero-order valence-corrected chi connectivity index (χ0v) is 11.0. The minimum Gasteiger partial charge on any atom is -0.324 e. The molecule has 0 bridgehead atoms. The SMILES string of the molecule is Cc1ccc(-n2ncc(C(C)N)c2C)cc1Cl. The topological polar surface area (TPSA) is 43.8 Å². The largest absolute Gasteiger partial charge is 0.324 e. The van der Waals surface area contributed by atoms with Crippen LogP contribution in [0.3, 0.4) is 0 Å². The smallest absolute Gasteiger partial charge is 0.0663 e. The molecule has 0 saturated heterocycles. The normalized spacial score (nSPS) is 12.8. The maximum atomic E-state index is 6.12. The fourth-order valence-corrected chi connectivity index (χ4v) is 2.02. The van der Waals surface area contributed by atoms with Crippen molar-refractivity contribution in [3.8, 4) is 5.69 Å². The van der Waals surface area contributed by atoms with Crippen LogP contribution < -0.4 is 5.73 Å². The molecule has 2 rings (SSSR count). The van der Waals surface area contributed by atoms with Gasteiger partial charge in [-0.25, -0.2) is 4.68 Å². The summed E-state index contributed by atoms with van der Waals surface area (Å²) >= 11 is 6.12. The molecule has 0 fully saturated rings. The van der Waals surface area contributed by atoms with E-state index in [4.69, 9.17) is 17.3 Å². The highest BCUT2D eigenvalue weighted by Gasteiger charge is 2.11. The molecular weight excluding hydrogens is 234 g/mol. The number of hydrogen-bond donors (Lipinski definition) is 1. The summed E-state index contributed by atoms with van der Waals surface area (Å²) in [6.07, 6.45) is 1.81. The summed E-state index contributed by atoms with van der Waals surface area (Å²) in [6.45, 7) is 5.95. The van der Waals surface area contributed by atoms with E-state index in [1.54, 1.807) is 0 Å². The minimum atomic E-state index is -0.00956. The number of aromatic nitrogens is 2. The van der Waals surface area contributed by atoms with Crippen molar-refractivity contribution in [2.75, 3.05) is 0 Å². The standard InChI is InChI=1S/C13H16ClN3/c1-8-4-5-11(6-13(8)14)17-10(3)12(7-16-17)9(2)15/h4-7,9H,15H2,1-3H3. The third-order valence-corrected chi connectivity index (χ3v) is 3.35. The molecule has 90 valence electrons. The molecule has 1 unspecified atom stereocenters. The first kappa shape index (κ1) is 12.1. The van der Waals surface area contributed by atoms with Crippen molar-refractivity contribution in [3.05, 3.63) is 46.2 Å². The van der Waals surface area contributed by atoms with Gasteiger partial charge in [0.1, 0.15) is 0 Å². The number of aryl methyl sites for hydroxylation is 1. The highest BCUT2D eigenvalue weighted by Crippen LogP contribution is 2.22. The van der Waals surface area contributed by atoms with Crippen LogP contribution in [0.1, 0.15) is 29.8 Å². The highest BCUT2D eigenvalue weighted by atomic mass is 35.5. The Morgan fingerprint density at radius 3 is 2.59 bits per heavy atom. The molecule has 2 N–H and O–H groups in total. The average molecular weight is 250 g/mol. The van der Waals surface area contributed by atoms with Crippen LogP contribution in [-0.4, -0.2) is 9.78 Å². The molecule has 0 saturated carbocycles. The fourth-order valence-electron chi connectivity index (χ4n) is 1.84. The van der Waals surface area contributed by atoms with E-state index >= 15 is 0 Å². The summed E-state index contributed by atoms with van der Waals surface area (Å²) < 4.78 is 1.87. The monoisotopic (exact) mass is 249 g/mol. The molecule has 0 aliphatic heterocycles. The quantitative estimate of drug-likeness (QED) is 0.889. The van der Waals surface area contributed by atoms with Crippen molar-refractivity contribution in [3.63, 3.8) is 0 Å². The van der Waals surface area contributed by atoms with E-state index in [1.165, 1.54) is 0 Å². The molecule has 1 aromatic carbocycles. The molecule has 0 spiro atoms. The molecule has 1 atom stereocenters. The maximum absolute atomic E-state index is 6.12. The molecule has 4 heteroatoms. The Morgan fingerprint density at radius 2 is 2.06 bits per heavy atom. The molecule has 1 heterocycles. The third kappa shape index (κ3) is 2.21. The van der Waals surface area contributed by atoms with Gasteiger partial charge in [0.05, 0.1) is 11.9 Å². The van der Waals surface area contributed by atoms with Crippen LogP contribution in [-0.2, 0) is 0 Å². The average Bonchev–Trinajstić information content (AvgIpc) is 2.64. The summed E-state index contributed by atoms with van der Waals surface area (Å²) in [4.78, 5) is 0. The summed E-state index contributed by atoms with van der Waals surface area (Å²) in [7, 11) is 0. The highest BCUT2D eigenvalue weighted by molar-refractivity contribution is 6.31. The third-order valence-electron chi connectivity index (χ3n) is 2.94. The van der Waals surface area contributed by atoms with E-state index in [0.717, 1.165) is 27.5 Å². The Bertz CT molecular complexity index is 544. The maximum Gasteiger partial charge on any atom is 0.0663 e. The molecule has 1 aromatic heterocycles. The van der Waals surface area contributed by atoms with Gasteiger partial charge in [0.2, 0.25) is 0 Å². The second kappa shape index (κ2) is 4.51. The first-order valence-corrected chi connectivity index (χ1v) is 5.95. The van der Waals surface area contributed by atoms with Crippen molar-refractivity contribution in [1.82, 2.24) is 9.78 Å². The molecular formula is C13H16ClN3. The van der Waals surface area contributed by atoms with Gasteiger partial charge < -0.3 is 5.73 Å². The molecule has 2 aromatic rings. The number of benzene rings is 1. The Hall–Kier alpha value is -1.32. The van der Waals surface area contributed by atoms with Crippen LogP contribution >= 0.6 is 11.6 Å². The minimum absolute atomic E-state index is 0.00956. The van der Waals surface area contributed by atoms with Crippen molar-refractivity contribution in [1.29, 1.82) is 0 Å². The zero-order valence-electron chi connectivity index (χ0n) is 10.2. The second-order valence-electron chi connectivity index (χ2n) is 4.32. The van der Waals surface area contributed by atoms with Gasteiger partial charge in [-0.15, -0.1) is 0 Å². The van der Waals surface area contributed by atoms with Gasteiger partial charge in [-0.05, 0) is 38.5 Å². The Balaban J connectivity index is 2.50. The van der Waals surface area contributed by atoms with Gasteiger partial charge in [-0.2, -0.15) is 5.10 Å². The number of nitrogens with two attached hydrogens (primary N) is 1.